The van der Waals surface area contributed by atoms with Crippen molar-refractivity contribution in [1.82, 2.24) is 5.32 Å². The predicted octanol–water partition coefficient (Wildman–Crippen LogP) is -6.46. The second-order valence-electron chi connectivity index (χ2n) is 5.55. The largest absolute Gasteiger partial charge is 1.00 e. The third-order valence-electron chi connectivity index (χ3n) is 3.34. The number of amides is 1. The summed E-state index contributed by atoms with van der Waals surface area (Å²) in [5.74, 6) is 0.803. The molecule has 0 aliphatic carbocycles. The van der Waals surface area contributed by atoms with Crippen molar-refractivity contribution in [2.75, 3.05) is 36.0 Å². The van der Waals surface area contributed by atoms with Crippen molar-refractivity contribution in [3.63, 3.8) is 0 Å². The summed E-state index contributed by atoms with van der Waals surface area (Å²) in [6.45, 7) is 1.53. The van der Waals surface area contributed by atoms with Crippen molar-refractivity contribution in [3.05, 3.63) is 0 Å². The zero-order chi connectivity index (χ0) is 20.5. The number of nitrogens with two attached hydrogens (primary N) is 2. The molecule has 8 nitrogen and oxygen atoms in total. The minimum atomic E-state index is -1.26. The molecule has 0 saturated carbocycles. The molecule has 162 valence electrons. The van der Waals surface area contributed by atoms with E-state index in [0.717, 1.165) is 17.9 Å². The maximum atomic E-state index is 11.6. The van der Waals surface area contributed by atoms with E-state index in [1.165, 1.54) is 18.7 Å². The first-order valence-electron chi connectivity index (χ1n) is 8.20. The van der Waals surface area contributed by atoms with Crippen LogP contribution in [0.5, 0.6) is 0 Å². The third-order valence-corrected chi connectivity index (χ3v) is 5.27. The van der Waals surface area contributed by atoms with Gasteiger partial charge in [0.2, 0.25) is 5.91 Å². The summed E-state index contributed by atoms with van der Waals surface area (Å²) in [6.07, 6.45) is 7.49. The molecule has 0 aliphatic rings. The third kappa shape index (κ3) is 26.9. The molecule has 29 heavy (non-hydrogen) atoms. The molecule has 0 spiro atoms. The van der Waals surface area contributed by atoms with Crippen molar-refractivity contribution in [2.45, 2.75) is 44.3 Å². The standard InChI is InChI=1S/C10H20N2O3S2.C6H13NOS.2K.H2O/c1-16-5-3-7(11)9(13)12-8(10(14)15)4-6-17-2;1-5(8)6(7)3-4-9-2;;;/h7-8H,3-6,11H2,1-2H3,(H,12,13)(H,14,15);6H,3-4,7H2,1-2H3;;;1H2/q;;2*+1;/p-2. The van der Waals surface area contributed by atoms with E-state index in [0.29, 0.717) is 18.6 Å². The molecular weight excluding hydrogens is 489 g/mol. The average molecular weight is 522 g/mol. The minimum Gasteiger partial charge on any atom is -0.870 e. The van der Waals surface area contributed by atoms with E-state index in [1.54, 1.807) is 23.5 Å². The number of hydrogen-bond acceptors (Lipinski definition) is 10. The molecule has 0 bridgehead atoms. The van der Waals surface area contributed by atoms with E-state index in [-0.39, 0.29) is 120 Å². The Balaban J connectivity index is -0.000000139. The number of carbonyl (C=O) groups excluding carboxylic acids is 3. The van der Waals surface area contributed by atoms with E-state index in [2.05, 4.69) is 5.32 Å². The maximum Gasteiger partial charge on any atom is 1.00 e. The summed E-state index contributed by atoms with van der Waals surface area (Å²) < 4.78 is 0. The van der Waals surface area contributed by atoms with Gasteiger partial charge >= 0.3 is 103 Å². The van der Waals surface area contributed by atoms with E-state index in [4.69, 9.17) is 11.5 Å². The quantitative estimate of drug-likeness (QED) is 0.198. The number of carboxylic acids is 1. The van der Waals surface area contributed by atoms with Crippen LogP contribution in [0.2, 0.25) is 0 Å². The molecule has 0 aromatic heterocycles. The minimum absolute atomic E-state index is 0. The second-order valence-corrected chi connectivity index (χ2v) is 8.51. The van der Waals surface area contributed by atoms with Crippen LogP contribution in [0.4, 0.5) is 0 Å². The van der Waals surface area contributed by atoms with Crippen molar-refractivity contribution in [3.8, 4) is 0 Å². The Bertz CT molecular complexity index is 427. The van der Waals surface area contributed by atoms with Gasteiger partial charge in [-0.25, -0.2) is 0 Å². The maximum absolute atomic E-state index is 11.6. The average Bonchev–Trinajstić information content (AvgIpc) is 2.60. The van der Waals surface area contributed by atoms with Crippen LogP contribution in [0.3, 0.4) is 0 Å². The first-order valence-corrected chi connectivity index (χ1v) is 12.4. The van der Waals surface area contributed by atoms with Crippen LogP contribution in [0, 0.1) is 0 Å². The number of rotatable bonds is 13. The molecule has 0 saturated heterocycles. The van der Waals surface area contributed by atoms with Gasteiger partial charge in [0.15, 0.2) is 0 Å². The van der Waals surface area contributed by atoms with Gasteiger partial charge in [-0.1, -0.05) is 0 Å². The molecule has 0 aliphatic heterocycles. The van der Waals surface area contributed by atoms with Crippen molar-refractivity contribution < 1.29 is 128 Å². The summed E-state index contributed by atoms with van der Waals surface area (Å²) in [6, 6.07) is -1.84. The number of ketones is 1. The van der Waals surface area contributed by atoms with Crippen LogP contribution in [-0.2, 0) is 14.4 Å². The normalized spacial score (nSPS) is 12.3. The van der Waals surface area contributed by atoms with Gasteiger partial charge in [0.1, 0.15) is 5.78 Å². The fourth-order valence-electron chi connectivity index (χ4n) is 1.59. The van der Waals surface area contributed by atoms with E-state index >= 15 is 0 Å². The Labute approximate surface area is 272 Å². The predicted molar refractivity (Wildman–Crippen MR) is 115 cm³/mol. The molecule has 13 heteroatoms. The molecule has 3 unspecified atom stereocenters. The van der Waals surface area contributed by atoms with Gasteiger partial charge in [0.05, 0.1) is 24.1 Å². The second kappa shape index (κ2) is 28.8. The van der Waals surface area contributed by atoms with Crippen LogP contribution >= 0.6 is 35.3 Å². The van der Waals surface area contributed by atoms with Gasteiger partial charge < -0.3 is 32.2 Å². The van der Waals surface area contributed by atoms with Gasteiger partial charge in [-0.3, -0.25) is 9.59 Å². The molecule has 6 N–H and O–H groups in total. The smallest absolute Gasteiger partial charge is 0.870 e. The number of hydrogen-bond donors (Lipinski definition) is 3. The summed E-state index contributed by atoms with van der Waals surface area (Å²) >= 11 is 4.83. The first-order chi connectivity index (χ1) is 12.2. The van der Waals surface area contributed by atoms with E-state index in [9.17, 15) is 19.5 Å². The van der Waals surface area contributed by atoms with Gasteiger partial charge in [-0.05, 0) is 62.2 Å². The van der Waals surface area contributed by atoms with Gasteiger partial charge in [-0.15, -0.1) is 0 Å². The topological polar surface area (TPSA) is 168 Å². The van der Waals surface area contributed by atoms with Crippen molar-refractivity contribution in [2.24, 2.45) is 11.5 Å². The summed E-state index contributed by atoms with van der Waals surface area (Å²) in [7, 11) is 0. The van der Waals surface area contributed by atoms with Gasteiger partial charge in [0, 0.05) is 0 Å². The van der Waals surface area contributed by atoms with Gasteiger partial charge in [-0.2, -0.15) is 35.3 Å². The first kappa shape index (κ1) is 42.0. The molecule has 0 aromatic carbocycles. The Kier molecular flexibility index (Phi) is 41.8. The molecule has 0 heterocycles. The summed E-state index contributed by atoms with van der Waals surface area (Å²) in [4.78, 5) is 32.9. The Morgan fingerprint density at radius 2 is 1.24 bits per heavy atom. The molecule has 0 fully saturated rings. The number of carboxylic acid groups (broad SMARTS) is 1. The molecule has 1 amide bonds. The Hall–Kier alpha value is 2.81. The number of Topliss-reactive ketones (excluding diaryl/α,β-unsaturated/α-hetero) is 1. The molecule has 3 atom stereocenters. The van der Waals surface area contributed by atoms with E-state index in [1.807, 2.05) is 18.8 Å². The SMILES string of the molecule is CSCCC(N)C(=O)NC(CCSC)C(=O)[O-].CSCCC(N)C(C)=O.[K+].[K+].[OH-]. The Morgan fingerprint density at radius 3 is 1.59 bits per heavy atom. The fourth-order valence-corrected chi connectivity index (χ4v) is 3.04. The van der Waals surface area contributed by atoms with E-state index < -0.39 is 24.0 Å². The molecule has 0 rings (SSSR count). The molecule has 0 aromatic rings. The Morgan fingerprint density at radius 1 is 0.862 bits per heavy atom. The zero-order valence-electron chi connectivity index (χ0n) is 18.4. The number of aliphatic carboxylic acids is 1. The summed E-state index contributed by atoms with van der Waals surface area (Å²) in [5.41, 5.74) is 11.1. The van der Waals surface area contributed by atoms with Crippen LogP contribution in [0.15, 0.2) is 0 Å². The summed E-state index contributed by atoms with van der Waals surface area (Å²) in [5, 5.41) is 13.2. The van der Waals surface area contributed by atoms with Crippen molar-refractivity contribution in [1.29, 1.82) is 0 Å². The molecular formula is C16H33K2N3O5S3. The van der Waals surface area contributed by atoms with Crippen LogP contribution in [0.25, 0.3) is 0 Å². The van der Waals surface area contributed by atoms with Crippen molar-refractivity contribution >= 4 is 52.9 Å². The van der Waals surface area contributed by atoms with Crippen LogP contribution in [0.1, 0.15) is 26.2 Å². The van der Waals surface area contributed by atoms with Gasteiger partial charge in [0.25, 0.3) is 0 Å². The molecule has 0 radical (unpaired) electrons. The van der Waals surface area contributed by atoms with Crippen LogP contribution in [-0.4, -0.2) is 77.3 Å². The monoisotopic (exact) mass is 521 g/mol. The number of nitrogens with one attached hydrogen (secondary N) is 1. The van der Waals surface area contributed by atoms with Crippen LogP contribution < -0.4 is 125 Å². The number of thioether (sulfide) groups is 3. The fraction of sp³-hybridized carbons (Fsp3) is 0.812. The zero-order valence-corrected chi connectivity index (χ0v) is 27.1. The number of carbonyl (C=O) groups is 3.